The molecule has 222 valence electrons. The molecule has 2 heterocycles. The molecule has 0 bridgehead atoms. The third-order valence-corrected chi connectivity index (χ3v) is 7.71. The van der Waals surface area contributed by atoms with E-state index in [1.807, 2.05) is 30.3 Å². The number of pyridine rings is 1. The summed E-state index contributed by atoms with van der Waals surface area (Å²) >= 11 is 4.31. The van der Waals surface area contributed by atoms with Crippen LogP contribution < -0.4 is 15.5 Å². The maximum Gasteiger partial charge on any atom is 0.416 e. The number of anilines is 2. The summed E-state index contributed by atoms with van der Waals surface area (Å²) in [4.78, 5) is 33.1. The first kappa shape index (κ1) is 30.2. The number of halogens is 3. The standard InChI is InChI=1S/C33H31F3N4O2S/c34-33(35,36)26-9-5-6-22(17-26)20-38-31(41)25-12-13-37-30(18-25)28-19-27(40-14-2-1-3-15-40)10-11-29(28)39-32(42)24-8-4-7-23(16-24)21-43/h4-13,16-19,43H,1-3,14-15,20-21H2,(H,38,41)(H,39,42). The molecule has 0 radical (unpaired) electrons. The largest absolute Gasteiger partial charge is 0.416 e. The van der Waals surface area contributed by atoms with Crippen molar-refractivity contribution < 1.29 is 22.8 Å². The van der Waals surface area contributed by atoms with Crippen LogP contribution in [0, 0.1) is 0 Å². The van der Waals surface area contributed by atoms with Crippen LogP contribution in [0.25, 0.3) is 11.3 Å². The Morgan fingerprint density at radius 3 is 2.35 bits per heavy atom. The average molecular weight is 605 g/mol. The molecule has 6 nitrogen and oxygen atoms in total. The molecule has 0 spiro atoms. The van der Waals surface area contributed by atoms with Crippen LogP contribution in [-0.2, 0) is 18.5 Å². The molecule has 0 saturated carbocycles. The molecule has 5 rings (SSSR count). The summed E-state index contributed by atoms with van der Waals surface area (Å²) in [5.41, 5.74) is 3.92. The number of carbonyl (C=O) groups is 2. The first-order chi connectivity index (χ1) is 20.7. The summed E-state index contributed by atoms with van der Waals surface area (Å²) in [6.07, 6.45) is 0.404. The average Bonchev–Trinajstić information content (AvgIpc) is 3.04. The summed E-state index contributed by atoms with van der Waals surface area (Å²) in [5, 5.41) is 5.70. The maximum absolute atomic E-state index is 13.2. The van der Waals surface area contributed by atoms with Crippen LogP contribution in [0.15, 0.2) is 85.1 Å². The number of thiol groups is 1. The highest BCUT2D eigenvalue weighted by Gasteiger charge is 2.30. The first-order valence-corrected chi connectivity index (χ1v) is 14.7. The highest BCUT2D eigenvalue weighted by molar-refractivity contribution is 7.79. The quantitative estimate of drug-likeness (QED) is 0.184. The van der Waals surface area contributed by atoms with Crippen molar-refractivity contribution >= 4 is 35.8 Å². The monoisotopic (exact) mass is 604 g/mol. The summed E-state index contributed by atoms with van der Waals surface area (Å²) in [6.45, 7) is 1.78. The Morgan fingerprint density at radius 1 is 0.837 bits per heavy atom. The molecule has 1 aliphatic heterocycles. The molecule has 10 heteroatoms. The van der Waals surface area contributed by atoms with Crippen LogP contribution in [0.2, 0.25) is 0 Å². The number of piperidine rings is 1. The van der Waals surface area contributed by atoms with Crippen molar-refractivity contribution in [1.29, 1.82) is 0 Å². The van der Waals surface area contributed by atoms with Gasteiger partial charge in [-0.2, -0.15) is 25.8 Å². The second kappa shape index (κ2) is 13.3. The number of carbonyl (C=O) groups excluding carboxylic acids is 2. The lowest BCUT2D eigenvalue weighted by Crippen LogP contribution is -2.29. The normalized spacial score (nSPS) is 13.4. The molecular weight excluding hydrogens is 573 g/mol. The van der Waals surface area contributed by atoms with Gasteiger partial charge in [0.25, 0.3) is 11.8 Å². The molecule has 43 heavy (non-hydrogen) atoms. The van der Waals surface area contributed by atoms with E-state index in [1.165, 1.54) is 24.8 Å². The van der Waals surface area contributed by atoms with Gasteiger partial charge in [0.2, 0.25) is 0 Å². The second-order valence-corrected chi connectivity index (χ2v) is 10.7. The smallest absolute Gasteiger partial charge is 0.372 e. The minimum atomic E-state index is -4.47. The van der Waals surface area contributed by atoms with Crippen LogP contribution in [0.1, 0.15) is 56.7 Å². The van der Waals surface area contributed by atoms with Crippen LogP contribution in [0.3, 0.4) is 0 Å². The lowest BCUT2D eigenvalue weighted by atomic mass is 10.0. The summed E-state index contributed by atoms with van der Waals surface area (Å²) < 4.78 is 39.3. The number of alkyl halides is 3. The Hall–Kier alpha value is -4.31. The van der Waals surface area contributed by atoms with Gasteiger partial charge in [0.1, 0.15) is 0 Å². The minimum absolute atomic E-state index is 0.0719. The van der Waals surface area contributed by atoms with Gasteiger partial charge in [-0.15, -0.1) is 0 Å². The predicted molar refractivity (Wildman–Crippen MR) is 165 cm³/mol. The van der Waals surface area contributed by atoms with Crippen molar-refractivity contribution in [3.05, 3.63) is 113 Å². The molecule has 2 N–H and O–H groups in total. The fourth-order valence-corrected chi connectivity index (χ4v) is 5.27. The van der Waals surface area contributed by atoms with Crippen LogP contribution in [0.4, 0.5) is 24.5 Å². The highest BCUT2D eigenvalue weighted by Crippen LogP contribution is 2.33. The van der Waals surface area contributed by atoms with Crippen molar-refractivity contribution in [3.63, 3.8) is 0 Å². The lowest BCUT2D eigenvalue weighted by Gasteiger charge is -2.29. The molecule has 4 aromatic rings. The van der Waals surface area contributed by atoms with Gasteiger partial charge in [-0.3, -0.25) is 14.6 Å². The Balaban J connectivity index is 1.42. The number of nitrogens with one attached hydrogen (secondary N) is 2. The third kappa shape index (κ3) is 7.56. The molecule has 1 saturated heterocycles. The van der Waals surface area contributed by atoms with Gasteiger partial charge in [0.05, 0.1) is 16.9 Å². The van der Waals surface area contributed by atoms with E-state index in [2.05, 4.69) is 33.1 Å². The molecule has 1 aromatic heterocycles. The van der Waals surface area contributed by atoms with Gasteiger partial charge in [-0.1, -0.05) is 24.3 Å². The fourth-order valence-electron chi connectivity index (χ4n) is 5.07. The molecule has 1 aliphatic rings. The van der Waals surface area contributed by atoms with Gasteiger partial charge in [0, 0.05) is 54.0 Å². The second-order valence-electron chi connectivity index (χ2n) is 10.4. The summed E-state index contributed by atoms with van der Waals surface area (Å²) in [5.74, 6) is -0.239. The van der Waals surface area contributed by atoms with E-state index in [0.717, 1.165) is 49.3 Å². The van der Waals surface area contributed by atoms with Crippen LogP contribution >= 0.6 is 12.6 Å². The molecule has 3 aromatic carbocycles. The van der Waals surface area contributed by atoms with Crippen molar-refractivity contribution in [2.24, 2.45) is 0 Å². The van der Waals surface area contributed by atoms with Crippen molar-refractivity contribution in [1.82, 2.24) is 10.3 Å². The zero-order valence-electron chi connectivity index (χ0n) is 23.3. The topological polar surface area (TPSA) is 74.3 Å². The van der Waals surface area contributed by atoms with Crippen LogP contribution in [0.5, 0.6) is 0 Å². The van der Waals surface area contributed by atoms with Gasteiger partial charge in [-0.05, 0) is 85.0 Å². The highest BCUT2D eigenvalue weighted by atomic mass is 32.1. The van der Waals surface area contributed by atoms with Gasteiger partial charge < -0.3 is 15.5 Å². The van der Waals surface area contributed by atoms with Gasteiger partial charge >= 0.3 is 6.18 Å². The van der Waals surface area contributed by atoms with Crippen molar-refractivity contribution in [3.8, 4) is 11.3 Å². The molecule has 1 fully saturated rings. The number of amides is 2. The maximum atomic E-state index is 13.2. The van der Waals surface area contributed by atoms with Crippen LogP contribution in [-0.4, -0.2) is 29.9 Å². The van der Waals surface area contributed by atoms with E-state index >= 15 is 0 Å². The summed E-state index contributed by atoms with van der Waals surface area (Å²) in [7, 11) is 0. The number of hydrogen-bond donors (Lipinski definition) is 3. The van der Waals surface area contributed by atoms with E-state index in [0.29, 0.717) is 39.4 Å². The number of benzene rings is 3. The number of rotatable bonds is 8. The minimum Gasteiger partial charge on any atom is -0.372 e. The Bertz CT molecular complexity index is 1620. The predicted octanol–water partition coefficient (Wildman–Crippen LogP) is 7.37. The van der Waals surface area contributed by atoms with Crippen molar-refractivity contribution in [2.45, 2.75) is 37.7 Å². The first-order valence-electron chi connectivity index (χ1n) is 14.0. The summed E-state index contributed by atoms with van der Waals surface area (Å²) in [6, 6.07) is 21.0. The van der Waals surface area contributed by atoms with Crippen molar-refractivity contribution in [2.75, 3.05) is 23.3 Å². The van der Waals surface area contributed by atoms with Gasteiger partial charge in [0.15, 0.2) is 0 Å². The molecule has 2 amide bonds. The van der Waals surface area contributed by atoms with E-state index in [-0.39, 0.29) is 12.5 Å². The Morgan fingerprint density at radius 2 is 1.58 bits per heavy atom. The van der Waals surface area contributed by atoms with E-state index in [9.17, 15) is 22.8 Å². The van der Waals surface area contributed by atoms with Gasteiger partial charge in [-0.25, -0.2) is 0 Å². The van der Waals surface area contributed by atoms with E-state index in [4.69, 9.17) is 0 Å². The zero-order chi connectivity index (χ0) is 30.4. The molecule has 0 atom stereocenters. The molecule has 0 unspecified atom stereocenters. The van der Waals surface area contributed by atoms with E-state index < -0.39 is 17.6 Å². The molecular formula is C33H31F3N4O2S. The third-order valence-electron chi connectivity index (χ3n) is 7.35. The lowest BCUT2D eigenvalue weighted by molar-refractivity contribution is -0.137. The number of hydrogen-bond acceptors (Lipinski definition) is 5. The number of aromatic nitrogens is 1. The molecule has 0 aliphatic carbocycles. The zero-order valence-corrected chi connectivity index (χ0v) is 24.2. The Kier molecular flexibility index (Phi) is 9.35. The number of nitrogens with zero attached hydrogens (tertiary/aromatic N) is 2. The SMILES string of the molecule is O=C(NCc1cccc(C(F)(F)F)c1)c1ccnc(-c2cc(N3CCCCC3)ccc2NC(=O)c2cccc(CS)c2)c1. The van der Waals surface area contributed by atoms with E-state index in [1.54, 1.807) is 24.3 Å². The fraction of sp³-hybridized carbons (Fsp3) is 0.242. The Labute approximate surface area is 253 Å².